The SMILES string of the molecule is Cc1nc(C(F)(F)F)ccc1C(=O)N1CCC2(CCCCc3ccccc3OCCN(Cc3ccncc3)C2)CC1. The maximum atomic E-state index is 13.4. The van der Waals surface area contributed by atoms with Gasteiger partial charge in [0.15, 0.2) is 0 Å². The molecule has 2 aliphatic heterocycles. The number of ether oxygens (including phenoxy) is 1. The molecular weight excluding hydrogens is 529 g/mol. The van der Waals surface area contributed by atoms with Crippen LogP contribution in [0, 0.1) is 12.3 Å². The van der Waals surface area contributed by atoms with Crippen molar-refractivity contribution in [2.24, 2.45) is 5.41 Å². The molecule has 5 rings (SSSR count). The van der Waals surface area contributed by atoms with Gasteiger partial charge >= 0.3 is 6.18 Å². The molecule has 9 heteroatoms. The van der Waals surface area contributed by atoms with Crippen LogP contribution in [-0.4, -0.2) is 58.5 Å². The van der Waals surface area contributed by atoms with Gasteiger partial charge in [-0.3, -0.25) is 14.7 Å². The molecule has 2 aromatic heterocycles. The Kier molecular flexibility index (Phi) is 8.92. The summed E-state index contributed by atoms with van der Waals surface area (Å²) >= 11 is 0. The topological polar surface area (TPSA) is 58.6 Å². The molecule has 1 amide bonds. The highest BCUT2D eigenvalue weighted by molar-refractivity contribution is 5.95. The highest BCUT2D eigenvalue weighted by Gasteiger charge is 2.38. The Morgan fingerprint density at radius 3 is 2.46 bits per heavy atom. The second-order valence-electron chi connectivity index (χ2n) is 11.3. The Hall–Kier alpha value is -3.46. The van der Waals surface area contributed by atoms with Gasteiger partial charge in [-0.25, -0.2) is 4.98 Å². The van der Waals surface area contributed by atoms with Gasteiger partial charge < -0.3 is 9.64 Å². The minimum atomic E-state index is -4.53. The molecule has 6 nitrogen and oxygen atoms in total. The van der Waals surface area contributed by atoms with Gasteiger partial charge in [0.2, 0.25) is 0 Å². The standard InChI is InChI=1S/C32H37F3N4O2/c1-24-27(9-10-29(37-24)32(33,34)35)30(40)39-18-14-31(15-19-39)13-5-4-7-26-6-2-3-8-28(26)41-21-20-38(23-31)22-25-11-16-36-17-12-25/h2-3,6,8-12,16-17H,4-5,7,13-15,18-23H2,1H3. The predicted octanol–water partition coefficient (Wildman–Crippen LogP) is 6.33. The highest BCUT2D eigenvalue weighted by atomic mass is 19.4. The third kappa shape index (κ3) is 7.25. The Bertz CT molecular complexity index is 1320. The number of benzene rings is 1. The Morgan fingerprint density at radius 2 is 1.73 bits per heavy atom. The molecule has 0 aliphatic carbocycles. The van der Waals surface area contributed by atoms with Gasteiger partial charge in [-0.1, -0.05) is 24.6 Å². The molecule has 0 N–H and O–H groups in total. The van der Waals surface area contributed by atoms with Crippen LogP contribution in [0.25, 0.3) is 0 Å². The number of carbonyl (C=O) groups excluding carboxylic acids is 1. The molecule has 0 saturated carbocycles. The third-order valence-corrected chi connectivity index (χ3v) is 8.47. The van der Waals surface area contributed by atoms with E-state index in [1.807, 2.05) is 30.6 Å². The molecule has 1 aromatic carbocycles. The van der Waals surface area contributed by atoms with Crippen LogP contribution in [0.4, 0.5) is 13.2 Å². The van der Waals surface area contributed by atoms with Crippen molar-refractivity contribution < 1.29 is 22.7 Å². The number of piperidine rings is 1. The van der Waals surface area contributed by atoms with Gasteiger partial charge in [0.05, 0.1) is 11.3 Å². The number of aryl methyl sites for hydroxylation is 2. The molecule has 0 bridgehead atoms. The zero-order valence-corrected chi connectivity index (χ0v) is 23.5. The van der Waals surface area contributed by atoms with Crippen LogP contribution in [0.2, 0.25) is 0 Å². The van der Waals surface area contributed by atoms with Crippen molar-refractivity contribution in [2.45, 2.75) is 58.2 Å². The molecule has 3 aromatic rings. The van der Waals surface area contributed by atoms with E-state index in [9.17, 15) is 18.0 Å². The molecule has 2 aliphatic rings. The molecular formula is C32H37F3N4O2. The van der Waals surface area contributed by atoms with Crippen LogP contribution in [0.15, 0.2) is 60.9 Å². The summed E-state index contributed by atoms with van der Waals surface area (Å²) in [5.41, 5.74) is 1.85. The number of rotatable bonds is 3. The Balaban J connectivity index is 1.32. The van der Waals surface area contributed by atoms with E-state index in [1.165, 1.54) is 24.1 Å². The Labute approximate surface area is 239 Å². The molecule has 0 radical (unpaired) electrons. The predicted molar refractivity (Wildman–Crippen MR) is 151 cm³/mol. The molecule has 0 atom stereocenters. The summed E-state index contributed by atoms with van der Waals surface area (Å²) < 4.78 is 45.5. The number of alkyl halides is 3. The summed E-state index contributed by atoms with van der Waals surface area (Å²) in [6.45, 7) is 5.65. The number of aromatic nitrogens is 2. The largest absolute Gasteiger partial charge is 0.492 e. The molecule has 218 valence electrons. The zero-order chi connectivity index (χ0) is 28.9. The fraction of sp³-hybridized carbons (Fsp3) is 0.469. The van der Waals surface area contributed by atoms with Crippen LogP contribution in [0.1, 0.15) is 65.0 Å². The van der Waals surface area contributed by atoms with Crippen molar-refractivity contribution in [3.63, 3.8) is 0 Å². The number of carbonyl (C=O) groups is 1. The van der Waals surface area contributed by atoms with E-state index in [0.717, 1.165) is 70.0 Å². The van der Waals surface area contributed by atoms with Crippen LogP contribution in [-0.2, 0) is 19.1 Å². The summed E-state index contributed by atoms with van der Waals surface area (Å²) in [4.78, 5) is 25.4. The van der Waals surface area contributed by atoms with E-state index in [4.69, 9.17) is 4.74 Å². The maximum absolute atomic E-state index is 13.4. The van der Waals surface area contributed by atoms with E-state index in [0.29, 0.717) is 19.7 Å². The van der Waals surface area contributed by atoms with Gasteiger partial charge in [-0.05, 0) is 85.9 Å². The fourth-order valence-electron chi connectivity index (χ4n) is 6.17. The number of fused-ring (bicyclic) bond motifs is 1. The lowest BCUT2D eigenvalue weighted by Crippen LogP contribution is -2.48. The van der Waals surface area contributed by atoms with Gasteiger partial charge in [0.25, 0.3) is 5.91 Å². The van der Waals surface area contributed by atoms with Crippen molar-refractivity contribution in [3.8, 4) is 5.75 Å². The smallest absolute Gasteiger partial charge is 0.433 e. The lowest BCUT2D eigenvalue weighted by molar-refractivity contribution is -0.141. The number of hydrogen-bond acceptors (Lipinski definition) is 5. The number of nitrogens with zero attached hydrogens (tertiary/aromatic N) is 4. The molecule has 4 heterocycles. The monoisotopic (exact) mass is 566 g/mol. The molecule has 0 unspecified atom stereocenters. The average Bonchev–Trinajstić information content (AvgIpc) is 2.95. The van der Waals surface area contributed by atoms with Crippen LogP contribution >= 0.6 is 0 Å². The second-order valence-corrected chi connectivity index (χ2v) is 11.3. The summed E-state index contributed by atoms with van der Waals surface area (Å²) in [5.74, 6) is 0.719. The van der Waals surface area contributed by atoms with Crippen molar-refractivity contribution in [2.75, 3.05) is 32.8 Å². The minimum absolute atomic E-state index is 0.0377. The second kappa shape index (κ2) is 12.6. The average molecular weight is 567 g/mol. The number of likely N-dealkylation sites (tertiary alicyclic amines) is 1. The lowest BCUT2D eigenvalue weighted by atomic mass is 9.73. The number of pyridine rings is 2. The zero-order valence-electron chi connectivity index (χ0n) is 23.5. The highest BCUT2D eigenvalue weighted by Crippen LogP contribution is 2.39. The van der Waals surface area contributed by atoms with E-state index >= 15 is 0 Å². The van der Waals surface area contributed by atoms with Crippen LogP contribution in [0.5, 0.6) is 5.75 Å². The first-order chi connectivity index (χ1) is 19.7. The summed E-state index contributed by atoms with van der Waals surface area (Å²) in [6.07, 6.45) is 4.95. The molecule has 1 spiro atoms. The van der Waals surface area contributed by atoms with E-state index < -0.39 is 11.9 Å². The number of para-hydroxylation sites is 1. The van der Waals surface area contributed by atoms with Crippen molar-refractivity contribution in [1.29, 1.82) is 0 Å². The first kappa shape index (κ1) is 29.0. The van der Waals surface area contributed by atoms with Gasteiger partial charge in [-0.15, -0.1) is 0 Å². The first-order valence-electron chi connectivity index (χ1n) is 14.4. The quantitative estimate of drug-likeness (QED) is 0.371. The maximum Gasteiger partial charge on any atom is 0.433 e. The summed E-state index contributed by atoms with van der Waals surface area (Å²) in [6, 6.07) is 14.5. The normalized spacial score (nSPS) is 18.6. The van der Waals surface area contributed by atoms with Crippen LogP contribution in [0.3, 0.4) is 0 Å². The third-order valence-electron chi connectivity index (χ3n) is 8.47. The minimum Gasteiger partial charge on any atom is -0.492 e. The summed E-state index contributed by atoms with van der Waals surface area (Å²) in [7, 11) is 0. The lowest BCUT2D eigenvalue weighted by Gasteiger charge is -2.45. The van der Waals surface area contributed by atoms with Crippen molar-refractivity contribution in [1.82, 2.24) is 19.8 Å². The van der Waals surface area contributed by atoms with E-state index in [2.05, 4.69) is 33.1 Å². The Morgan fingerprint density at radius 1 is 0.976 bits per heavy atom. The molecule has 41 heavy (non-hydrogen) atoms. The number of amides is 1. The van der Waals surface area contributed by atoms with Crippen LogP contribution < -0.4 is 4.74 Å². The fourth-order valence-corrected chi connectivity index (χ4v) is 6.17. The summed E-state index contributed by atoms with van der Waals surface area (Å²) in [5, 5.41) is 0. The molecule has 1 fully saturated rings. The molecule has 1 saturated heterocycles. The number of halogens is 3. The number of hydrogen-bond donors (Lipinski definition) is 0. The van der Waals surface area contributed by atoms with Gasteiger partial charge in [0.1, 0.15) is 18.1 Å². The first-order valence-corrected chi connectivity index (χ1v) is 14.4. The van der Waals surface area contributed by atoms with Gasteiger partial charge in [0, 0.05) is 45.1 Å². The van der Waals surface area contributed by atoms with E-state index in [-0.39, 0.29) is 22.6 Å². The van der Waals surface area contributed by atoms with Crippen molar-refractivity contribution >= 4 is 5.91 Å². The van der Waals surface area contributed by atoms with Crippen molar-refractivity contribution in [3.05, 3.63) is 89.0 Å². The van der Waals surface area contributed by atoms with Gasteiger partial charge in [-0.2, -0.15) is 13.2 Å². The van der Waals surface area contributed by atoms with E-state index in [1.54, 1.807) is 4.90 Å².